The predicted molar refractivity (Wildman–Crippen MR) is 67.7 cm³/mol. The van der Waals surface area contributed by atoms with Gasteiger partial charge in [0, 0.05) is 13.1 Å². The summed E-state index contributed by atoms with van der Waals surface area (Å²) >= 11 is 0. The van der Waals surface area contributed by atoms with Crippen molar-refractivity contribution < 1.29 is 18.8 Å². The first-order valence-corrected chi connectivity index (χ1v) is 5.53. The molecule has 0 aliphatic heterocycles. The first-order chi connectivity index (χ1) is 8.63. The van der Waals surface area contributed by atoms with E-state index < -0.39 is 33.8 Å². The average molecular weight is 270 g/mol. The SMILES string of the molecule is CN(C(=O)OC(C)(C)C)c1c(F)cccc1[N+](=O)[O-]. The number of nitro benzene ring substituents is 1. The average Bonchev–Trinajstić information content (AvgIpc) is 2.25. The Bertz CT molecular complexity index is 511. The standard InChI is InChI=1S/C12H15FN2O4/c1-12(2,3)19-11(16)14(4)10-8(13)6-5-7-9(10)15(17)18/h5-7H,1-4H3. The van der Waals surface area contributed by atoms with Gasteiger partial charge in [-0.1, -0.05) is 6.07 Å². The predicted octanol–water partition coefficient (Wildman–Crippen LogP) is 3.11. The molecule has 0 aliphatic rings. The molecule has 1 aromatic carbocycles. The van der Waals surface area contributed by atoms with E-state index in [0.29, 0.717) is 0 Å². The lowest BCUT2D eigenvalue weighted by Gasteiger charge is -2.24. The van der Waals surface area contributed by atoms with Gasteiger partial charge in [0.15, 0.2) is 11.5 Å². The summed E-state index contributed by atoms with van der Waals surface area (Å²) in [5.41, 5.74) is -1.68. The first kappa shape index (κ1) is 14.9. The van der Waals surface area contributed by atoms with Gasteiger partial charge in [-0.15, -0.1) is 0 Å². The summed E-state index contributed by atoms with van der Waals surface area (Å²) in [6.07, 6.45) is -0.860. The smallest absolute Gasteiger partial charge is 0.414 e. The molecule has 7 heteroatoms. The van der Waals surface area contributed by atoms with Gasteiger partial charge in [0.2, 0.25) is 0 Å². The van der Waals surface area contributed by atoms with Crippen molar-refractivity contribution in [3.63, 3.8) is 0 Å². The van der Waals surface area contributed by atoms with Crippen molar-refractivity contribution in [3.05, 3.63) is 34.1 Å². The van der Waals surface area contributed by atoms with Gasteiger partial charge in [-0.05, 0) is 26.8 Å². The Balaban J connectivity index is 3.16. The van der Waals surface area contributed by atoms with Crippen molar-refractivity contribution in [1.29, 1.82) is 0 Å². The van der Waals surface area contributed by atoms with Crippen molar-refractivity contribution in [2.24, 2.45) is 0 Å². The van der Waals surface area contributed by atoms with Crippen LogP contribution in [0.15, 0.2) is 18.2 Å². The van der Waals surface area contributed by atoms with Gasteiger partial charge in [-0.2, -0.15) is 0 Å². The molecule has 0 atom stereocenters. The van der Waals surface area contributed by atoms with Crippen molar-refractivity contribution in [1.82, 2.24) is 0 Å². The van der Waals surface area contributed by atoms with Gasteiger partial charge >= 0.3 is 6.09 Å². The lowest BCUT2D eigenvalue weighted by atomic mass is 10.2. The molecular weight excluding hydrogens is 255 g/mol. The van der Waals surface area contributed by atoms with Crippen molar-refractivity contribution in [2.45, 2.75) is 26.4 Å². The van der Waals surface area contributed by atoms with Crippen LogP contribution in [0.5, 0.6) is 0 Å². The van der Waals surface area contributed by atoms with Crippen LogP contribution in [0.2, 0.25) is 0 Å². The number of para-hydroxylation sites is 1. The number of ether oxygens (including phenoxy) is 1. The summed E-state index contributed by atoms with van der Waals surface area (Å²) in [5.74, 6) is -0.859. The molecule has 1 aromatic rings. The highest BCUT2D eigenvalue weighted by Gasteiger charge is 2.28. The number of rotatable bonds is 2. The molecule has 6 nitrogen and oxygen atoms in total. The van der Waals surface area contributed by atoms with E-state index in [1.54, 1.807) is 20.8 Å². The number of nitrogens with zero attached hydrogens (tertiary/aromatic N) is 2. The summed E-state index contributed by atoms with van der Waals surface area (Å²) in [6, 6.07) is 3.38. The highest BCUT2D eigenvalue weighted by molar-refractivity contribution is 5.90. The van der Waals surface area contributed by atoms with Gasteiger partial charge in [-0.3, -0.25) is 15.0 Å². The molecule has 0 heterocycles. The van der Waals surface area contributed by atoms with E-state index in [1.165, 1.54) is 13.1 Å². The van der Waals surface area contributed by atoms with E-state index in [4.69, 9.17) is 4.74 Å². The maximum atomic E-state index is 13.7. The summed E-state index contributed by atoms with van der Waals surface area (Å²) in [7, 11) is 1.22. The third-order valence-electron chi connectivity index (χ3n) is 2.16. The minimum absolute atomic E-state index is 0.415. The summed E-state index contributed by atoms with van der Waals surface area (Å²) in [6.45, 7) is 4.94. The van der Waals surface area contributed by atoms with Crippen molar-refractivity contribution in [3.8, 4) is 0 Å². The number of anilines is 1. The van der Waals surface area contributed by atoms with Gasteiger partial charge in [-0.25, -0.2) is 9.18 Å². The topological polar surface area (TPSA) is 72.7 Å². The zero-order chi connectivity index (χ0) is 14.8. The second-order valence-corrected chi connectivity index (χ2v) is 4.90. The largest absolute Gasteiger partial charge is 0.443 e. The first-order valence-electron chi connectivity index (χ1n) is 5.53. The molecule has 0 aromatic heterocycles. The van der Waals surface area contributed by atoms with Gasteiger partial charge in [0.05, 0.1) is 4.92 Å². The molecule has 0 bridgehead atoms. The van der Waals surface area contributed by atoms with Crippen LogP contribution in [0.3, 0.4) is 0 Å². The number of carbonyl (C=O) groups excluding carboxylic acids is 1. The number of amides is 1. The van der Waals surface area contributed by atoms with E-state index >= 15 is 0 Å². The molecule has 0 N–H and O–H groups in total. The zero-order valence-electron chi connectivity index (χ0n) is 11.1. The van der Waals surface area contributed by atoms with Crippen LogP contribution < -0.4 is 4.90 Å². The molecule has 0 radical (unpaired) electrons. The lowest BCUT2D eigenvalue weighted by Crippen LogP contribution is -2.34. The second-order valence-electron chi connectivity index (χ2n) is 4.90. The fraction of sp³-hybridized carbons (Fsp3) is 0.417. The monoisotopic (exact) mass is 270 g/mol. The van der Waals surface area contributed by atoms with Crippen LogP contribution in [0.4, 0.5) is 20.6 Å². The van der Waals surface area contributed by atoms with Crippen LogP contribution in [-0.4, -0.2) is 23.7 Å². The van der Waals surface area contributed by atoms with E-state index in [-0.39, 0.29) is 0 Å². The minimum atomic E-state index is -0.860. The van der Waals surface area contributed by atoms with Crippen molar-refractivity contribution >= 4 is 17.5 Å². The quantitative estimate of drug-likeness (QED) is 0.611. The second kappa shape index (κ2) is 5.21. The third-order valence-corrected chi connectivity index (χ3v) is 2.16. The fourth-order valence-electron chi connectivity index (χ4n) is 1.41. The Morgan fingerprint density at radius 1 is 1.42 bits per heavy atom. The fourth-order valence-corrected chi connectivity index (χ4v) is 1.41. The lowest BCUT2D eigenvalue weighted by molar-refractivity contribution is -0.384. The Kier molecular flexibility index (Phi) is 4.08. The molecule has 1 rings (SSSR count). The van der Waals surface area contributed by atoms with Gasteiger partial charge < -0.3 is 4.74 Å². The highest BCUT2D eigenvalue weighted by Crippen LogP contribution is 2.30. The minimum Gasteiger partial charge on any atom is -0.443 e. The highest BCUT2D eigenvalue weighted by atomic mass is 19.1. The molecule has 19 heavy (non-hydrogen) atoms. The maximum absolute atomic E-state index is 13.7. The zero-order valence-corrected chi connectivity index (χ0v) is 11.1. The van der Waals surface area contributed by atoms with Crippen LogP contribution >= 0.6 is 0 Å². The third kappa shape index (κ3) is 3.64. The van der Waals surface area contributed by atoms with Crippen molar-refractivity contribution in [2.75, 3.05) is 11.9 Å². The molecule has 0 aliphatic carbocycles. The molecule has 0 saturated carbocycles. The van der Waals surface area contributed by atoms with E-state index in [1.807, 2.05) is 0 Å². The number of carbonyl (C=O) groups is 1. The Morgan fingerprint density at radius 2 is 2.00 bits per heavy atom. The van der Waals surface area contributed by atoms with Gasteiger partial charge in [0.25, 0.3) is 5.69 Å². The van der Waals surface area contributed by atoms with E-state index in [0.717, 1.165) is 17.0 Å². The van der Waals surface area contributed by atoms with Crippen LogP contribution in [0.1, 0.15) is 20.8 Å². The number of hydrogen-bond acceptors (Lipinski definition) is 4. The molecule has 0 spiro atoms. The molecule has 1 amide bonds. The number of halogens is 1. The Morgan fingerprint density at radius 3 is 2.47 bits per heavy atom. The number of benzene rings is 1. The molecule has 0 fully saturated rings. The molecule has 104 valence electrons. The Hall–Kier alpha value is -2.18. The molecule has 0 saturated heterocycles. The van der Waals surface area contributed by atoms with E-state index in [9.17, 15) is 19.3 Å². The number of hydrogen-bond donors (Lipinski definition) is 0. The molecular formula is C12H15FN2O4. The molecule has 0 unspecified atom stereocenters. The summed E-state index contributed by atoms with van der Waals surface area (Å²) in [5, 5.41) is 10.8. The van der Waals surface area contributed by atoms with E-state index in [2.05, 4.69) is 0 Å². The Labute approximate surface area is 109 Å². The maximum Gasteiger partial charge on any atom is 0.414 e. The normalized spacial score (nSPS) is 11.0. The van der Waals surface area contributed by atoms with Gasteiger partial charge in [0.1, 0.15) is 5.60 Å². The van der Waals surface area contributed by atoms with Crippen LogP contribution in [0, 0.1) is 15.9 Å². The summed E-state index contributed by atoms with van der Waals surface area (Å²) < 4.78 is 18.7. The van der Waals surface area contributed by atoms with Crippen LogP contribution in [0.25, 0.3) is 0 Å². The number of nitro groups is 1. The van der Waals surface area contributed by atoms with Crippen LogP contribution in [-0.2, 0) is 4.74 Å². The summed E-state index contributed by atoms with van der Waals surface area (Å²) in [4.78, 5) is 22.7.